The van der Waals surface area contributed by atoms with E-state index in [0.29, 0.717) is 16.8 Å². The highest BCUT2D eigenvalue weighted by Crippen LogP contribution is 2.11. The normalized spacial score (nSPS) is 9.93. The Balaban J connectivity index is 1.49. The van der Waals surface area contributed by atoms with Gasteiger partial charge in [-0.25, -0.2) is 0 Å². The van der Waals surface area contributed by atoms with E-state index >= 15 is 0 Å². The number of hydrogen-bond donors (Lipinski definition) is 4. The van der Waals surface area contributed by atoms with Gasteiger partial charge in [0.25, 0.3) is 17.7 Å². The number of carbonyl (C=O) groups is 3. The molecule has 0 saturated heterocycles. The molecular weight excluding hydrogens is 392 g/mol. The molecule has 0 bridgehead atoms. The van der Waals surface area contributed by atoms with Gasteiger partial charge in [0, 0.05) is 16.8 Å². The number of amides is 3. The van der Waals surface area contributed by atoms with Crippen LogP contribution in [0.3, 0.4) is 0 Å². The molecule has 4 N–H and O–H groups in total. The second-order valence-electron chi connectivity index (χ2n) is 5.74. The van der Waals surface area contributed by atoms with Gasteiger partial charge in [-0.05, 0) is 60.7 Å². The Morgan fingerprint density at radius 1 is 0.724 bits per heavy atom. The van der Waals surface area contributed by atoms with E-state index in [4.69, 9.17) is 16.6 Å². The summed E-state index contributed by atoms with van der Waals surface area (Å²) < 4.78 is 4.94. The molecular formula is C20H16N4O4S. The van der Waals surface area contributed by atoms with E-state index in [2.05, 4.69) is 21.5 Å². The monoisotopic (exact) mass is 408 g/mol. The quantitative estimate of drug-likeness (QED) is 0.390. The van der Waals surface area contributed by atoms with Gasteiger partial charge in [-0.3, -0.25) is 30.6 Å². The molecule has 0 radical (unpaired) electrons. The standard InChI is InChI=1S/C20H16N4O4S/c25-17(13-5-2-1-3-6-13)21-15-10-8-14(9-11-15)18(26)23-24-20(29)22-19(27)16-7-4-12-28-16/h1-12H,(H,21,25)(H,23,26)(H2,22,24,27,29). The van der Waals surface area contributed by atoms with Crippen LogP contribution in [0.2, 0.25) is 0 Å². The molecule has 1 aromatic heterocycles. The van der Waals surface area contributed by atoms with Gasteiger partial charge in [-0.1, -0.05) is 18.2 Å². The fraction of sp³-hybridized carbons (Fsp3) is 0. The lowest BCUT2D eigenvalue weighted by molar-refractivity contribution is 0.0927. The van der Waals surface area contributed by atoms with Crippen molar-refractivity contribution >= 4 is 40.7 Å². The first kappa shape index (κ1) is 19.8. The maximum atomic E-state index is 12.2. The molecule has 0 fully saturated rings. The molecule has 0 aliphatic carbocycles. The van der Waals surface area contributed by atoms with Crippen molar-refractivity contribution in [3.05, 3.63) is 89.9 Å². The minimum atomic E-state index is -0.541. The fourth-order valence-corrected chi connectivity index (χ4v) is 2.43. The Morgan fingerprint density at radius 3 is 2.07 bits per heavy atom. The van der Waals surface area contributed by atoms with Crippen LogP contribution < -0.4 is 21.5 Å². The van der Waals surface area contributed by atoms with E-state index in [1.165, 1.54) is 12.3 Å². The molecule has 0 unspecified atom stereocenters. The van der Waals surface area contributed by atoms with E-state index in [-0.39, 0.29) is 16.8 Å². The molecule has 3 rings (SSSR count). The van der Waals surface area contributed by atoms with Crippen molar-refractivity contribution in [2.75, 3.05) is 5.32 Å². The Hall–Kier alpha value is -3.98. The number of hydrazine groups is 1. The van der Waals surface area contributed by atoms with E-state index in [9.17, 15) is 14.4 Å². The average Bonchev–Trinajstić information content (AvgIpc) is 3.28. The number of rotatable bonds is 4. The first-order chi connectivity index (χ1) is 14.0. The minimum absolute atomic E-state index is 0.0912. The number of furan rings is 1. The summed E-state index contributed by atoms with van der Waals surface area (Å²) in [5.41, 5.74) is 6.21. The number of thiocarbonyl (C=S) groups is 1. The maximum absolute atomic E-state index is 12.2. The van der Waals surface area contributed by atoms with E-state index in [1.54, 1.807) is 54.6 Å². The molecule has 0 atom stereocenters. The number of hydrogen-bond acceptors (Lipinski definition) is 5. The third-order valence-electron chi connectivity index (χ3n) is 3.70. The van der Waals surface area contributed by atoms with Gasteiger partial charge in [0.15, 0.2) is 10.9 Å². The van der Waals surface area contributed by atoms with Gasteiger partial charge in [0.1, 0.15) is 0 Å². The van der Waals surface area contributed by atoms with Crippen molar-refractivity contribution < 1.29 is 18.8 Å². The second kappa shape index (κ2) is 9.29. The van der Waals surface area contributed by atoms with Crippen LogP contribution in [0.4, 0.5) is 5.69 Å². The fourth-order valence-electron chi connectivity index (χ4n) is 2.29. The Kier molecular flexibility index (Phi) is 6.33. The molecule has 0 spiro atoms. The van der Waals surface area contributed by atoms with Crippen LogP contribution in [0.1, 0.15) is 31.3 Å². The third-order valence-corrected chi connectivity index (χ3v) is 3.91. The zero-order chi connectivity index (χ0) is 20.6. The van der Waals surface area contributed by atoms with Crippen molar-refractivity contribution in [3.8, 4) is 0 Å². The summed E-state index contributed by atoms with van der Waals surface area (Å²) in [5, 5.41) is 5.02. The Morgan fingerprint density at radius 2 is 1.41 bits per heavy atom. The highest BCUT2D eigenvalue weighted by Gasteiger charge is 2.12. The van der Waals surface area contributed by atoms with Gasteiger partial charge in [-0.15, -0.1) is 0 Å². The predicted octanol–water partition coefficient (Wildman–Crippen LogP) is 2.48. The summed E-state index contributed by atoms with van der Waals surface area (Å²) >= 11 is 4.94. The molecule has 29 heavy (non-hydrogen) atoms. The molecule has 8 nitrogen and oxygen atoms in total. The lowest BCUT2D eigenvalue weighted by Gasteiger charge is -2.10. The maximum Gasteiger partial charge on any atom is 0.293 e. The van der Waals surface area contributed by atoms with Crippen LogP contribution in [0.15, 0.2) is 77.4 Å². The van der Waals surface area contributed by atoms with Crippen LogP contribution in [0, 0.1) is 0 Å². The lowest BCUT2D eigenvalue weighted by atomic mass is 10.2. The van der Waals surface area contributed by atoms with E-state index in [0.717, 1.165) is 0 Å². The average molecular weight is 408 g/mol. The van der Waals surface area contributed by atoms with Crippen LogP contribution in [0.5, 0.6) is 0 Å². The summed E-state index contributed by atoms with van der Waals surface area (Å²) in [6.45, 7) is 0. The minimum Gasteiger partial charge on any atom is -0.459 e. The zero-order valence-electron chi connectivity index (χ0n) is 15.0. The summed E-state index contributed by atoms with van der Waals surface area (Å²) in [5.74, 6) is -1.17. The van der Waals surface area contributed by atoms with Gasteiger partial charge >= 0.3 is 0 Å². The number of carbonyl (C=O) groups excluding carboxylic acids is 3. The van der Waals surface area contributed by atoms with E-state index < -0.39 is 11.8 Å². The highest BCUT2D eigenvalue weighted by molar-refractivity contribution is 7.80. The number of anilines is 1. The molecule has 0 saturated carbocycles. The van der Waals surface area contributed by atoms with Gasteiger partial charge in [0.05, 0.1) is 6.26 Å². The molecule has 9 heteroatoms. The Bertz CT molecular complexity index is 1020. The molecule has 1 heterocycles. The highest BCUT2D eigenvalue weighted by atomic mass is 32.1. The van der Waals surface area contributed by atoms with Crippen LogP contribution in [0.25, 0.3) is 0 Å². The summed E-state index contributed by atoms with van der Waals surface area (Å²) in [7, 11) is 0. The van der Waals surface area contributed by atoms with Crippen molar-refractivity contribution in [2.45, 2.75) is 0 Å². The summed E-state index contributed by atoms with van der Waals surface area (Å²) in [4.78, 5) is 36.1. The topological polar surface area (TPSA) is 112 Å². The smallest absolute Gasteiger partial charge is 0.293 e. The summed E-state index contributed by atoms with van der Waals surface area (Å²) in [6, 6.07) is 18.1. The lowest BCUT2D eigenvalue weighted by Crippen LogP contribution is -2.48. The number of benzene rings is 2. The zero-order valence-corrected chi connectivity index (χ0v) is 15.8. The SMILES string of the molecule is O=C(NNC(=S)NC(=O)c1ccco1)c1ccc(NC(=O)c2ccccc2)cc1. The van der Waals surface area contributed by atoms with Gasteiger partial charge < -0.3 is 9.73 Å². The molecule has 0 aliphatic rings. The van der Waals surface area contributed by atoms with Gasteiger partial charge in [0.2, 0.25) is 0 Å². The van der Waals surface area contributed by atoms with Crippen LogP contribution >= 0.6 is 12.2 Å². The van der Waals surface area contributed by atoms with Crippen LogP contribution in [-0.2, 0) is 0 Å². The van der Waals surface area contributed by atoms with Crippen molar-refractivity contribution in [1.29, 1.82) is 0 Å². The molecule has 3 aromatic rings. The third kappa shape index (κ3) is 5.50. The molecule has 0 aliphatic heterocycles. The second-order valence-corrected chi connectivity index (χ2v) is 6.15. The van der Waals surface area contributed by atoms with Crippen molar-refractivity contribution in [3.63, 3.8) is 0 Å². The molecule has 146 valence electrons. The first-order valence-corrected chi connectivity index (χ1v) is 8.85. The molecule has 3 amide bonds. The number of nitrogens with one attached hydrogen (secondary N) is 4. The summed E-state index contributed by atoms with van der Waals surface area (Å²) in [6.07, 6.45) is 1.36. The first-order valence-electron chi connectivity index (χ1n) is 8.44. The molecule has 2 aromatic carbocycles. The van der Waals surface area contributed by atoms with Gasteiger partial charge in [-0.2, -0.15) is 0 Å². The Labute approximate surface area is 171 Å². The van der Waals surface area contributed by atoms with Crippen molar-refractivity contribution in [1.82, 2.24) is 16.2 Å². The predicted molar refractivity (Wildman–Crippen MR) is 110 cm³/mol. The van der Waals surface area contributed by atoms with Crippen LogP contribution in [-0.4, -0.2) is 22.8 Å². The van der Waals surface area contributed by atoms with Crippen molar-refractivity contribution in [2.24, 2.45) is 0 Å². The van der Waals surface area contributed by atoms with E-state index in [1.807, 2.05) is 6.07 Å². The largest absolute Gasteiger partial charge is 0.459 e.